The lowest BCUT2D eigenvalue weighted by atomic mass is 10.2. The maximum absolute atomic E-state index is 11.6. The summed E-state index contributed by atoms with van der Waals surface area (Å²) in [7, 11) is 1.86. The van der Waals surface area contributed by atoms with E-state index in [9.17, 15) is 4.79 Å². The van der Waals surface area contributed by atoms with Crippen LogP contribution in [0.1, 0.15) is 12.0 Å². The maximum atomic E-state index is 11.6. The van der Waals surface area contributed by atoms with E-state index in [4.69, 9.17) is 0 Å². The molecule has 3 nitrogen and oxygen atoms in total. The molecule has 15 heavy (non-hydrogen) atoms. The van der Waals surface area contributed by atoms with E-state index in [0.29, 0.717) is 0 Å². The van der Waals surface area contributed by atoms with Crippen molar-refractivity contribution < 1.29 is 4.79 Å². The summed E-state index contributed by atoms with van der Waals surface area (Å²) in [5.41, 5.74) is 1.35. The number of nitrogens with one attached hydrogen (secondary N) is 1. The molecule has 0 bridgehead atoms. The molecule has 0 radical (unpaired) electrons. The molecule has 1 amide bonds. The first-order valence-corrected chi connectivity index (χ1v) is 6.21. The van der Waals surface area contributed by atoms with Gasteiger partial charge in [0.1, 0.15) is 0 Å². The Bertz CT molecular complexity index is 323. The van der Waals surface area contributed by atoms with Crippen LogP contribution in [0.15, 0.2) is 16.8 Å². The molecule has 0 saturated carbocycles. The van der Waals surface area contributed by atoms with Crippen LogP contribution in [0, 0.1) is 0 Å². The zero-order chi connectivity index (χ0) is 10.7. The van der Waals surface area contributed by atoms with Crippen molar-refractivity contribution >= 4 is 17.2 Å². The van der Waals surface area contributed by atoms with Crippen molar-refractivity contribution in [3.8, 4) is 0 Å². The van der Waals surface area contributed by atoms with Crippen molar-refractivity contribution in [1.82, 2.24) is 10.2 Å². The van der Waals surface area contributed by atoms with E-state index in [1.807, 2.05) is 7.05 Å². The van der Waals surface area contributed by atoms with Crippen LogP contribution in [0.4, 0.5) is 0 Å². The van der Waals surface area contributed by atoms with E-state index >= 15 is 0 Å². The fourth-order valence-electron chi connectivity index (χ4n) is 1.84. The van der Waals surface area contributed by atoms with Gasteiger partial charge in [0, 0.05) is 13.6 Å². The summed E-state index contributed by atoms with van der Waals surface area (Å²) in [4.78, 5) is 13.4. The second-order valence-corrected chi connectivity index (χ2v) is 4.72. The summed E-state index contributed by atoms with van der Waals surface area (Å²) < 4.78 is 0. The van der Waals surface area contributed by atoms with Crippen LogP contribution in [0.2, 0.25) is 0 Å². The molecule has 1 aliphatic rings. The lowest BCUT2D eigenvalue weighted by molar-refractivity contribution is -0.128. The molecule has 0 aliphatic carbocycles. The quantitative estimate of drug-likeness (QED) is 0.831. The van der Waals surface area contributed by atoms with E-state index in [-0.39, 0.29) is 11.9 Å². The molecule has 1 aliphatic heterocycles. The Hall–Kier alpha value is -0.870. The monoisotopic (exact) mass is 224 g/mol. The minimum atomic E-state index is 0.0497. The van der Waals surface area contributed by atoms with Crippen molar-refractivity contribution in [1.29, 1.82) is 0 Å². The van der Waals surface area contributed by atoms with Crippen LogP contribution in [-0.2, 0) is 11.2 Å². The Morgan fingerprint density at radius 3 is 3.13 bits per heavy atom. The van der Waals surface area contributed by atoms with E-state index in [1.54, 1.807) is 16.2 Å². The van der Waals surface area contributed by atoms with Crippen LogP contribution in [-0.4, -0.2) is 37.0 Å². The molecular formula is C11H16N2OS. The van der Waals surface area contributed by atoms with Crippen molar-refractivity contribution in [3.05, 3.63) is 22.4 Å². The minimum absolute atomic E-state index is 0.0497. The third kappa shape index (κ3) is 2.58. The lowest BCUT2D eigenvalue weighted by Crippen LogP contribution is -2.37. The second-order valence-electron chi connectivity index (χ2n) is 3.94. The number of hydrogen-bond acceptors (Lipinski definition) is 3. The van der Waals surface area contributed by atoms with Gasteiger partial charge in [0.25, 0.3) is 0 Å². The van der Waals surface area contributed by atoms with Gasteiger partial charge in [-0.1, -0.05) is 0 Å². The van der Waals surface area contributed by atoms with E-state index < -0.39 is 0 Å². The smallest absolute Gasteiger partial charge is 0.239 e. The Morgan fingerprint density at radius 1 is 1.67 bits per heavy atom. The third-order valence-electron chi connectivity index (χ3n) is 2.81. The maximum Gasteiger partial charge on any atom is 0.239 e. The minimum Gasteiger partial charge on any atom is -0.344 e. The van der Waals surface area contributed by atoms with Gasteiger partial charge in [0.2, 0.25) is 5.91 Å². The molecule has 1 fully saturated rings. The Balaban J connectivity index is 1.73. The highest BCUT2D eigenvalue weighted by molar-refractivity contribution is 7.07. The average molecular weight is 224 g/mol. The number of rotatable bonds is 4. The summed E-state index contributed by atoms with van der Waals surface area (Å²) in [6.45, 7) is 1.77. The molecule has 1 saturated heterocycles. The molecule has 82 valence electrons. The second kappa shape index (κ2) is 4.77. The molecule has 1 N–H and O–H groups in total. The van der Waals surface area contributed by atoms with Gasteiger partial charge >= 0.3 is 0 Å². The fraction of sp³-hybridized carbons (Fsp3) is 0.545. The molecule has 1 atom stereocenters. The van der Waals surface area contributed by atoms with Gasteiger partial charge in [-0.25, -0.2) is 0 Å². The topological polar surface area (TPSA) is 32.3 Å². The van der Waals surface area contributed by atoms with Crippen molar-refractivity contribution in [2.24, 2.45) is 0 Å². The lowest BCUT2D eigenvalue weighted by Gasteiger charge is -2.11. The van der Waals surface area contributed by atoms with Gasteiger partial charge in [-0.3, -0.25) is 4.79 Å². The van der Waals surface area contributed by atoms with Crippen molar-refractivity contribution in [2.75, 3.05) is 20.1 Å². The molecule has 2 heterocycles. The molecule has 1 unspecified atom stereocenters. The van der Waals surface area contributed by atoms with Gasteiger partial charge in [-0.2, -0.15) is 11.3 Å². The number of carbonyl (C=O) groups is 1. The normalized spacial score (nSPS) is 21.3. The Kier molecular flexibility index (Phi) is 3.38. The summed E-state index contributed by atoms with van der Waals surface area (Å²) >= 11 is 1.72. The van der Waals surface area contributed by atoms with Crippen LogP contribution in [0.25, 0.3) is 0 Å². The summed E-state index contributed by atoms with van der Waals surface area (Å²) in [5, 5.41) is 7.56. The number of likely N-dealkylation sites (tertiary alicyclic amines) is 1. The largest absolute Gasteiger partial charge is 0.344 e. The van der Waals surface area contributed by atoms with Gasteiger partial charge in [-0.15, -0.1) is 0 Å². The van der Waals surface area contributed by atoms with Gasteiger partial charge in [-0.05, 0) is 41.8 Å². The highest BCUT2D eigenvalue weighted by atomic mass is 32.1. The number of likely N-dealkylation sites (N-methyl/N-ethyl adjacent to an activating group) is 1. The van der Waals surface area contributed by atoms with E-state index in [2.05, 4.69) is 22.1 Å². The first-order chi connectivity index (χ1) is 7.27. The predicted molar refractivity (Wildman–Crippen MR) is 62.1 cm³/mol. The first kappa shape index (κ1) is 10.6. The number of carbonyl (C=O) groups excluding carboxylic acids is 1. The predicted octanol–water partition coefficient (Wildman–Crippen LogP) is 1.11. The first-order valence-electron chi connectivity index (χ1n) is 5.27. The van der Waals surface area contributed by atoms with Crippen LogP contribution in [0.3, 0.4) is 0 Å². The standard InChI is InChI=1S/C11H16N2OS/c1-13-6-3-10(11(13)14)12-5-2-9-4-7-15-8-9/h4,7-8,10,12H,2-3,5-6H2,1H3. The third-order valence-corrected chi connectivity index (χ3v) is 3.54. The van der Waals surface area contributed by atoms with Gasteiger partial charge in [0.15, 0.2) is 0 Å². The van der Waals surface area contributed by atoms with Crippen LogP contribution < -0.4 is 5.32 Å². The number of nitrogens with zero attached hydrogens (tertiary/aromatic N) is 1. The van der Waals surface area contributed by atoms with Crippen LogP contribution in [0.5, 0.6) is 0 Å². The SMILES string of the molecule is CN1CCC(NCCc2ccsc2)C1=O. The molecule has 2 rings (SSSR count). The summed E-state index contributed by atoms with van der Waals surface area (Å²) in [5.74, 6) is 0.236. The van der Waals surface area contributed by atoms with Gasteiger partial charge < -0.3 is 10.2 Å². The number of thiophene rings is 1. The van der Waals surface area contributed by atoms with Crippen molar-refractivity contribution in [2.45, 2.75) is 18.9 Å². The molecule has 1 aromatic rings. The molecular weight excluding hydrogens is 208 g/mol. The molecule has 0 aromatic carbocycles. The highest BCUT2D eigenvalue weighted by Crippen LogP contribution is 2.09. The Labute approximate surface area is 94.1 Å². The molecule has 4 heteroatoms. The Morgan fingerprint density at radius 2 is 2.53 bits per heavy atom. The summed E-state index contributed by atoms with van der Waals surface area (Å²) in [6.07, 6.45) is 1.95. The average Bonchev–Trinajstić information content (AvgIpc) is 2.83. The number of amides is 1. The van der Waals surface area contributed by atoms with E-state index in [0.717, 1.165) is 25.9 Å². The summed E-state index contributed by atoms with van der Waals surface area (Å²) in [6, 6.07) is 2.18. The highest BCUT2D eigenvalue weighted by Gasteiger charge is 2.27. The molecule has 0 spiro atoms. The van der Waals surface area contributed by atoms with E-state index in [1.165, 1.54) is 5.56 Å². The zero-order valence-electron chi connectivity index (χ0n) is 8.90. The molecule has 1 aromatic heterocycles. The fourth-order valence-corrected chi connectivity index (χ4v) is 2.54. The zero-order valence-corrected chi connectivity index (χ0v) is 9.72. The van der Waals surface area contributed by atoms with Gasteiger partial charge in [0.05, 0.1) is 6.04 Å². The van der Waals surface area contributed by atoms with Crippen molar-refractivity contribution in [3.63, 3.8) is 0 Å². The number of hydrogen-bond donors (Lipinski definition) is 1. The van der Waals surface area contributed by atoms with Crippen LogP contribution >= 0.6 is 11.3 Å².